The number of hydrogen-bond donors (Lipinski definition) is 3. The number of rotatable bonds is 8. The molecule has 1 amide bonds. The van der Waals surface area contributed by atoms with Crippen LogP contribution in [0.3, 0.4) is 0 Å². The third-order valence-electron chi connectivity index (χ3n) is 7.39. The molecule has 5 rings (SSSR count). The van der Waals surface area contributed by atoms with E-state index in [4.69, 9.17) is 0 Å². The normalized spacial score (nSPS) is 18.2. The van der Waals surface area contributed by atoms with Gasteiger partial charge in [0.2, 0.25) is 0 Å². The average Bonchev–Trinajstić information content (AvgIpc) is 3.39. The summed E-state index contributed by atoms with van der Waals surface area (Å²) in [5, 5.41) is 29.6. The lowest BCUT2D eigenvalue weighted by Crippen LogP contribution is -2.42. The third kappa shape index (κ3) is 5.92. The summed E-state index contributed by atoms with van der Waals surface area (Å²) >= 11 is 0. The van der Waals surface area contributed by atoms with Crippen molar-refractivity contribution in [1.82, 2.24) is 29.9 Å². The van der Waals surface area contributed by atoms with Gasteiger partial charge in [-0.15, -0.1) is 0 Å². The van der Waals surface area contributed by atoms with Gasteiger partial charge in [-0.1, -0.05) is 0 Å². The van der Waals surface area contributed by atoms with E-state index in [1.807, 2.05) is 24.5 Å². The van der Waals surface area contributed by atoms with Crippen molar-refractivity contribution in [2.45, 2.75) is 63.3 Å². The van der Waals surface area contributed by atoms with E-state index in [0.717, 1.165) is 36.8 Å². The van der Waals surface area contributed by atoms with Gasteiger partial charge in [-0.2, -0.15) is 10.4 Å². The number of hydrogen-bond acceptors (Lipinski definition) is 8. The smallest absolute Gasteiger partial charge is 0.255 e. The van der Waals surface area contributed by atoms with Gasteiger partial charge in [0.05, 0.1) is 52.1 Å². The topological polar surface area (TPSA) is 141 Å². The zero-order valence-electron chi connectivity index (χ0n) is 22.4. The van der Waals surface area contributed by atoms with Gasteiger partial charge < -0.3 is 15.7 Å². The second-order valence-corrected chi connectivity index (χ2v) is 10.7. The highest BCUT2D eigenvalue weighted by Gasteiger charge is 2.28. The van der Waals surface area contributed by atoms with Crippen molar-refractivity contribution in [3.63, 3.8) is 0 Å². The minimum absolute atomic E-state index is 0.119. The van der Waals surface area contributed by atoms with Crippen molar-refractivity contribution in [3.05, 3.63) is 72.1 Å². The molecule has 0 unspecified atom stereocenters. The van der Waals surface area contributed by atoms with Crippen molar-refractivity contribution < 1.29 is 14.3 Å². The van der Waals surface area contributed by atoms with Crippen LogP contribution in [0.25, 0.3) is 16.9 Å². The first-order chi connectivity index (χ1) is 19.2. The van der Waals surface area contributed by atoms with Crippen LogP contribution in [0.5, 0.6) is 0 Å². The minimum Gasteiger partial charge on any atom is -0.387 e. The van der Waals surface area contributed by atoms with Crippen LogP contribution in [-0.4, -0.2) is 59.9 Å². The Hall–Kier alpha value is -4.43. The number of nitriles is 1. The highest BCUT2D eigenvalue weighted by Crippen LogP contribution is 2.34. The molecule has 0 bridgehead atoms. The average molecular weight is 543 g/mol. The maximum absolute atomic E-state index is 14.4. The lowest BCUT2D eigenvalue weighted by molar-refractivity contribution is -0.00177. The number of anilines is 1. The predicted octanol–water partition coefficient (Wildman–Crippen LogP) is 4.04. The van der Waals surface area contributed by atoms with Crippen LogP contribution in [0, 0.1) is 11.3 Å². The molecule has 3 N–H and O–H groups in total. The summed E-state index contributed by atoms with van der Waals surface area (Å²) in [6.07, 6.45) is 10.3. The molecule has 11 heteroatoms. The predicted molar refractivity (Wildman–Crippen MR) is 147 cm³/mol. The van der Waals surface area contributed by atoms with Gasteiger partial charge in [0.15, 0.2) is 0 Å². The van der Waals surface area contributed by atoms with Crippen molar-refractivity contribution in [2.24, 2.45) is 0 Å². The number of aliphatic hydroxyl groups is 1. The molecule has 40 heavy (non-hydrogen) atoms. The number of carbonyl (C=O) groups is 1. The summed E-state index contributed by atoms with van der Waals surface area (Å²) in [6, 6.07) is 9.46. The Bertz CT molecular complexity index is 1540. The first-order valence-corrected chi connectivity index (χ1v) is 13.3. The standard InChI is InChI=1S/C29H31FN8O2/c1-29(2,40)27(30)16-35-28(39)23-15-34-25(26-8-7-22-9-18(11-31)12-36-38(22)26)10-24(23)37-21-5-3-19(4-6-21)20-13-32-17-33-14-20/h7-10,12-15,17,19,21,27,40H,3-6,16H2,1-2H3,(H,34,37)(H,35,39)/t19?,21?,27-/m1/s1. The molecule has 206 valence electrons. The lowest BCUT2D eigenvalue weighted by Gasteiger charge is -2.30. The molecule has 1 saturated carbocycles. The van der Waals surface area contributed by atoms with E-state index in [0.29, 0.717) is 28.6 Å². The number of nitrogens with zero attached hydrogens (tertiary/aromatic N) is 6. The second-order valence-electron chi connectivity index (χ2n) is 10.7. The molecule has 0 spiro atoms. The molecule has 0 aromatic carbocycles. The van der Waals surface area contributed by atoms with Gasteiger partial charge in [-0.05, 0) is 75.3 Å². The Morgan fingerprint density at radius 3 is 2.62 bits per heavy atom. The molecular formula is C29H31FN8O2. The molecule has 0 radical (unpaired) electrons. The molecular weight excluding hydrogens is 511 g/mol. The van der Waals surface area contributed by atoms with Crippen LogP contribution in [-0.2, 0) is 0 Å². The SMILES string of the molecule is CC(C)(O)[C@H](F)CNC(=O)c1cnc(-c2ccc3cc(C#N)cnn23)cc1NC1CCC(c2cncnc2)CC1. The minimum atomic E-state index is -1.63. The maximum atomic E-state index is 14.4. The van der Waals surface area contributed by atoms with E-state index in [-0.39, 0.29) is 18.2 Å². The summed E-state index contributed by atoms with van der Waals surface area (Å²) < 4.78 is 16.0. The van der Waals surface area contributed by atoms with E-state index >= 15 is 0 Å². The summed E-state index contributed by atoms with van der Waals surface area (Å²) in [4.78, 5) is 26.0. The Morgan fingerprint density at radius 1 is 1.18 bits per heavy atom. The third-order valence-corrected chi connectivity index (χ3v) is 7.39. The van der Waals surface area contributed by atoms with E-state index in [2.05, 4.69) is 36.8 Å². The Balaban J connectivity index is 1.40. The fourth-order valence-electron chi connectivity index (χ4n) is 4.99. The molecule has 1 atom stereocenters. The molecule has 10 nitrogen and oxygen atoms in total. The maximum Gasteiger partial charge on any atom is 0.255 e. The molecule has 1 aliphatic carbocycles. The quantitative estimate of drug-likeness (QED) is 0.303. The molecule has 1 aliphatic rings. The van der Waals surface area contributed by atoms with Gasteiger partial charge in [0.25, 0.3) is 5.91 Å². The molecule has 0 aliphatic heterocycles. The van der Waals surface area contributed by atoms with Crippen molar-refractivity contribution >= 4 is 17.1 Å². The van der Waals surface area contributed by atoms with E-state index in [1.54, 1.807) is 16.6 Å². The molecule has 4 aromatic heterocycles. The van der Waals surface area contributed by atoms with Crippen LogP contribution in [0.1, 0.15) is 66.9 Å². The van der Waals surface area contributed by atoms with Crippen LogP contribution in [0.15, 0.2) is 55.4 Å². The first-order valence-electron chi connectivity index (χ1n) is 13.3. The number of alkyl halides is 1. The summed E-state index contributed by atoms with van der Waals surface area (Å²) in [7, 11) is 0. The van der Waals surface area contributed by atoms with Crippen LogP contribution in [0.2, 0.25) is 0 Å². The van der Waals surface area contributed by atoms with Crippen molar-refractivity contribution in [3.8, 4) is 17.5 Å². The number of carbonyl (C=O) groups excluding carboxylic acids is 1. The van der Waals surface area contributed by atoms with Crippen LogP contribution < -0.4 is 10.6 Å². The van der Waals surface area contributed by atoms with Gasteiger partial charge in [-0.25, -0.2) is 18.9 Å². The Kier molecular flexibility index (Phi) is 7.71. The zero-order chi connectivity index (χ0) is 28.3. The van der Waals surface area contributed by atoms with Gasteiger partial charge in [-0.3, -0.25) is 9.78 Å². The number of aromatic nitrogens is 5. The molecule has 4 aromatic rings. The first kappa shape index (κ1) is 27.1. The van der Waals surface area contributed by atoms with Gasteiger partial charge >= 0.3 is 0 Å². The summed E-state index contributed by atoms with van der Waals surface area (Å²) in [6.45, 7) is 2.39. The molecule has 1 fully saturated rings. The lowest BCUT2D eigenvalue weighted by atomic mass is 9.82. The molecule has 0 saturated heterocycles. The second kappa shape index (κ2) is 11.4. The fourth-order valence-corrected chi connectivity index (χ4v) is 4.99. The van der Waals surface area contributed by atoms with Crippen LogP contribution >= 0.6 is 0 Å². The van der Waals surface area contributed by atoms with Crippen molar-refractivity contribution in [2.75, 3.05) is 11.9 Å². The van der Waals surface area contributed by atoms with E-state index < -0.39 is 17.7 Å². The number of pyridine rings is 1. The number of nitrogens with one attached hydrogen (secondary N) is 2. The zero-order valence-corrected chi connectivity index (χ0v) is 22.4. The van der Waals surface area contributed by atoms with Crippen LogP contribution in [0.4, 0.5) is 10.1 Å². The van der Waals surface area contributed by atoms with Crippen molar-refractivity contribution in [1.29, 1.82) is 5.26 Å². The summed E-state index contributed by atoms with van der Waals surface area (Å²) in [5.74, 6) is -0.102. The van der Waals surface area contributed by atoms with Gasteiger partial charge in [0, 0.05) is 24.6 Å². The summed E-state index contributed by atoms with van der Waals surface area (Å²) in [5.41, 5.74) is 2.91. The fraction of sp³-hybridized carbons (Fsp3) is 0.379. The Morgan fingerprint density at radius 2 is 1.93 bits per heavy atom. The van der Waals surface area contributed by atoms with Gasteiger partial charge in [0.1, 0.15) is 18.6 Å². The number of halogens is 1. The highest BCUT2D eigenvalue weighted by molar-refractivity contribution is 6.00. The molecule has 4 heterocycles. The van der Waals surface area contributed by atoms with E-state index in [1.165, 1.54) is 32.6 Å². The largest absolute Gasteiger partial charge is 0.387 e. The number of amides is 1. The number of fused-ring (bicyclic) bond motifs is 1. The van der Waals surface area contributed by atoms with E-state index in [9.17, 15) is 19.6 Å². The Labute approximate surface area is 231 Å². The highest BCUT2D eigenvalue weighted by atomic mass is 19.1. The monoisotopic (exact) mass is 542 g/mol.